The average Bonchev–Trinajstić information content (AvgIpc) is 2.41. The van der Waals surface area contributed by atoms with Crippen LogP contribution in [0, 0.1) is 5.92 Å². The van der Waals surface area contributed by atoms with Crippen LogP contribution in [0.5, 0.6) is 0 Å². The lowest BCUT2D eigenvalue weighted by Crippen LogP contribution is -2.13. The highest BCUT2D eigenvalue weighted by Gasteiger charge is 2.16. The molecule has 0 unspecified atom stereocenters. The normalized spacial score (nSPS) is 12.7. The molecule has 0 aliphatic carbocycles. The Morgan fingerprint density at radius 1 is 1.40 bits per heavy atom. The van der Waals surface area contributed by atoms with Crippen LogP contribution in [0.2, 0.25) is 0 Å². The minimum absolute atomic E-state index is 0.0238. The van der Waals surface area contributed by atoms with Crippen molar-refractivity contribution in [3.8, 4) is 0 Å². The monoisotopic (exact) mass is 339 g/mol. The van der Waals surface area contributed by atoms with Gasteiger partial charge in [-0.3, -0.25) is 4.99 Å². The molecule has 1 N–H and O–H groups in total. The molecule has 4 nitrogen and oxygen atoms in total. The number of rotatable bonds is 5. The molecule has 0 fully saturated rings. The van der Waals surface area contributed by atoms with Crippen molar-refractivity contribution in [1.82, 2.24) is 0 Å². The Balaban J connectivity index is 3.04. The van der Waals surface area contributed by atoms with Crippen molar-refractivity contribution < 1.29 is 14.6 Å². The van der Waals surface area contributed by atoms with E-state index in [0.29, 0.717) is 5.69 Å². The molecule has 1 rings (SSSR count). The summed E-state index contributed by atoms with van der Waals surface area (Å²) in [4.78, 5) is 16.0. The van der Waals surface area contributed by atoms with Crippen LogP contribution >= 0.6 is 15.9 Å². The van der Waals surface area contributed by atoms with E-state index in [0.717, 1.165) is 4.47 Å². The van der Waals surface area contributed by atoms with Gasteiger partial charge in [0.2, 0.25) is 0 Å². The molecule has 0 atom stereocenters. The van der Waals surface area contributed by atoms with Crippen molar-refractivity contribution in [2.24, 2.45) is 10.9 Å². The first-order chi connectivity index (χ1) is 9.45. The number of aliphatic hydroxyl groups excluding tert-OH is 1. The number of halogens is 1. The molecule has 0 bridgehead atoms. The second-order valence-corrected chi connectivity index (χ2v) is 5.32. The first-order valence-corrected chi connectivity index (χ1v) is 7.14. The summed E-state index contributed by atoms with van der Waals surface area (Å²) in [5.74, 6) is -0.769. The van der Waals surface area contributed by atoms with Gasteiger partial charge >= 0.3 is 5.97 Å². The minimum atomic E-state index is -0.570. The van der Waals surface area contributed by atoms with Gasteiger partial charge in [-0.15, -0.1) is 0 Å². The highest BCUT2D eigenvalue weighted by atomic mass is 79.9. The van der Waals surface area contributed by atoms with Gasteiger partial charge in [-0.2, -0.15) is 0 Å². The van der Waals surface area contributed by atoms with Crippen molar-refractivity contribution in [3.05, 3.63) is 40.1 Å². The summed E-state index contributed by atoms with van der Waals surface area (Å²) in [6, 6.07) is 7.30. The van der Waals surface area contributed by atoms with E-state index >= 15 is 0 Å². The van der Waals surface area contributed by atoms with Gasteiger partial charge in [0.1, 0.15) is 11.3 Å². The zero-order chi connectivity index (χ0) is 15.1. The van der Waals surface area contributed by atoms with Crippen molar-refractivity contribution in [2.45, 2.75) is 20.8 Å². The molecular weight excluding hydrogens is 322 g/mol. The van der Waals surface area contributed by atoms with Crippen LogP contribution in [0.25, 0.3) is 0 Å². The predicted octanol–water partition coefficient (Wildman–Crippen LogP) is 4.18. The molecule has 108 valence electrons. The number of benzene rings is 1. The third-order valence-electron chi connectivity index (χ3n) is 2.49. The molecule has 0 saturated heterocycles. The predicted molar refractivity (Wildman–Crippen MR) is 83.4 cm³/mol. The standard InChI is InChI=1S/C15H18BrNO3/c1-4-20-15(19)13(14(18)10(2)3)9-17-12-7-5-11(16)6-8-12/h5-10,18H,4H2,1-3H3. The molecule has 0 aromatic heterocycles. The van der Waals surface area contributed by atoms with E-state index in [1.165, 1.54) is 6.21 Å². The molecule has 5 heteroatoms. The molecule has 0 heterocycles. The van der Waals surface area contributed by atoms with Gasteiger partial charge in [0.05, 0.1) is 12.3 Å². The summed E-state index contributed by atoms with van der Waals surface area (Å²) in [5, 5.41) is 9.99. The second kappa shape index (κ2) is 7.85. The molecule has 0 spiro atoms. The van der Waals surface area contributed by atoms with Crippen LogP contribution in [-0.4, -0.2) is 23.9 Å². The summed E-state index contributed by atoms with van der Waals surface area (Å²) < 4.78 is 5.87. The molecule has 1 aromatic rings. The van der Waals surface area contributed by atoms with Crippen molar-refractivity contribution in [1.29, 1.82) is 0 Å². The number of nitrogens with zero attached hydrogens (tertiary/aromatic N) is 1. The number of hydrogen-bond acceptors (Lipinski definition) is 4. The summed E-state index contributed by atoms with van der Waals surface area (Å²) >= 11 is 3.34. The fraction of sp³-hybridized carbons (Fsp3) is 0.333. The van der Waals surface area contributed by atoms with E-state index < -0.39 is 5.97 Å². The van der Waals surface area contributed by atoms with Gasteiger partial charge in [-0.1, -0.05) is 29.8 Å². The number of ether oxygens (including phenoxy) is 1. The SMILES string of the molecule is CCOC(=O)C(C=Nc1ccc(Br)cc1)=C(O)C(C)C. The van der Waals surface area contributed by atoms with E-state index in [1.807, 2.05) is 12.1 Å². The summed E-state index contributed by atoms with van der Waals surface area (Å²) in [6.45, 7) is 5.55. The van der Waals surface area contributed by atoms with E-state index in [2.05, 4.69) is 20.9 Å². The molecule has 20 heavy (non-hydrogen) atoms. The Kier molecular flexibility index (Phi) is 6.45. The zero-order valence-electron chi connectivity index (χ0n) is 11.8. The molecule has 0 aliphatic rings. The Morgan fingerprint density at radius 2 is 2.00 bits per heavy atom. The van der Waals surface area contributed by atoms with Crippen LogP contribution in [0.4, 0.5) is 5.69 Å². The number of aliphatic hydroxyl groups is 1. The maximum atomic E-state index is 11.8. The minimum Gasteiger partial charge on any atom is -0.511 e. The number of carbonyl (C=O) groups is 1. The summed E-state index contributed by atoms with van der Waals surface area (Å²) in [7, 11) is 0. The van der Waals surface area contributed by atoms with Gasteiger partial charge < -0.3 is 9.84 Å². The smallest absolute Gasteiger partial charge is 0.343 e. The lowest BCUT2D eigenvalue weighted by atomic mass is 10.1. The van der Waals surface area contributed by atoms with Gasteiger partial charge in [0, 0.05) is 16.6 Å². The fourth-order valence-corrected chi connectivity index (χ4v) is 1.67. The summed E-state index contributed by atoms with van der Waals surface area (Å²) in [5.41, 5.74) is 0.774. The van der Waals surface area contributed by atoms with E-state index in [4.69, 9.17) is 4.74 Å². The van der Waals surface area contributed by atoms with Crippen molar-refractivity contribution in [2.75, 3.05) is 6.61 Å². The number of esters is 1. The highest BCUT2D eigenvalue weighted by molar-refractivity contribution is 9.10. The van der Waals surface area contributed by atoms with Gasteiger partial charge in [-0.25, -0.2) is 4.79 Å². The van der Waals surface area contributed by atoms with Gasteiger partial charge in [0.15, 0.2) is 0 Å². The number of allylic oxidation sites excluding steroid dienone is 1. The zero-order valence-corrected chi connectivity index (χ0v) is 13.3. The topological polar surface area (TPSA) is 58.9 Å². The number of carbonyl (C=O) groups excluding carboxylic acids is 1. The molecule has 0 amide bonds. The van der Waals surface area contributed by atoms with Crippen molar-refractivity contribution in [3.63, 3.8) is 0 Å². The summed E-state index contributed by atoms with van der Waals surface area (Å²) in [6.07, 6.45) is 1.34. The largest absolute Gasteiger partial charge is 0.511 e. The van der Waals surface area contributed by atoms with E-state index in [-0.39, 0.29) is 23.9 Å². The van der Waals surface area contributed by atoms with Gasteiger partial charge in [-0.05, 0) is 31.2 Å². The van der Waals surface area contributed by atoms with Crippen LogP contribution in [0.3, 0.4) is 0 Å². The second-order valence-electron chi connectivity index (χ2n) is 4.41. The van der Waals surface area contributed by atoms with Crippen LogP contribution in [-0.2, 0) is 9.53 Å². The number of aliphatic imine (C=N–C) groups is 1. The number of hydrogen-bond donors (Lipinski definition) is 1. The fourth-order valence-electron chi connectivity index (χ4n) is 1.41. The molecule has 0 saturated carbocycles. The Bertz CT molecular complexity index is 518. The molecular formula is C15H18BrNO3. The lowest BCUT2D eigenvalue weighted by Gasteiger charge is -2.08. The Labute approximate surface area is 127 Å². The Hall–Kier alpha value is -1.62. The van der Waals surface area contributed by atoms with E-state index in [9.17, 15) is 9.90 Å². The lowest BCUT2D eigenvalue weighted by molar-refractivity contribution is -0.138. The third-order valence-corrected chi connectivity index (χ3v) is 3.02. The Morgan fingerprint density at radius 3 is 2.50 bits per heavy atom. The first kappa shape index (κ1) is 16.4. The van der Waals surface area contributed by atoms with E-state index in [1.54, 1.807) is 32.9 Å². The molecule has 1 aromatic carbocycles. The first-order valence-electron chi connectivity index (χ1n) is 6.35. The van der Waals surface area contributed by atoms with Crippen LogP contribution < -0.4 is 0 Å². The molecule has 0 aliphatic heterocycles. The maximum absolute atomic E-state index is 11.8. The quantitative estimate of drug-likeness (QED) is 0.379. The van der Waals surface area contributed by atoms with Crippen LogP contribution in [0.15, 0.2) is 45.1 Å². The highest BCUT2D eigenvalue weighted by Crippen LogP contribution is 2.18. The van der Waals surface area contributed by atoms with Crippen LogP contribution in [0.1, 0.15) is 20.8 Å². The third kappa shape index (κ3) is 4.81. The van der Waals surface area contributed by atoms with Gasteiger partial charge in [0.25, 0.3) is 0 Å². The molecule has 0 radical (unpaired) electrons. The maximum Gasteiger partial charge on any atom is 0.343 e. The average molecular weight is 340 g/mol. The van der Waals surface area contributed by atoms with Crippen molar-refractivity contribution >= 4 is 33.8 Å².